The second-order valence-electron chi connectivity index (χ2n) is 4.81. The third-order valence-corrected chi connectivity index (χ3v) is 5.09. The van der Waals surface area contributed by atoms with Crippen LogP contribution < -0.4 is 4.74 Å². The highest BCUT2D eigenvalue weighted by Gasteiger charge is 2.20. The van der Waals surface area contributed by atoms with E-state index < -0.39 is 21.7 Å². The lowest BCUT2D eigenvalue weighted by molar-refractivity contribution is 0.124. The van der Waals surface area contributed by atoms with Crippen molar-refractivity contribution in [3.05, 3.63) is 59.1 Å². The number of hydrogen-bond donors (Lipinski definition) is 1. The molecule has 0 unspecified atom stereocenters. The fourth-order valence-corrected chi connectivity index (χ4v) is 3.38. The summed E-state index contributed by atoms with van der Waals surface area (Å²) in [6, 6.07) is 14.2. The number of ether oxygens (including phenoxy) is 1. The van der Waals surface area contributed by atoms with E-state index in [-0.39, 0.29) is 11.5 Å². The monoisotopic (exact) mass is 351 g/mol. The van der Waals surface area contributed by atoms with Crippen molar-refractivity contribution in [2.45, 2.75) is 11.0 Å². The molecule has 0 aliphatic carbocycles. The summed E-state index contributed by atoms with van der Waals surface area (Å²) in [6.07, 6.45) is -1.22. The molecule has 0 aromatic heterocycles. The summed E-state index contributed by atoms with van der Waals surface area (Å²) in [5.41, 5.74) is 0.320. The lowest BCUT2D eigenvalue weighted by Gasteiger charge is -2.13. The summed E-state index contributed by atoms with van der Waals surface area (Å²) in [4.78, 5) is 0.0818. The molecule has 0 bridgehead atoms. The van der Waals surface area contributed by atoms with Gasteiger partial charge in [0.05, 0.1) is 16.2 Å². The molecule has 7 heteroatoms. The van der Waals surface area contributed by atoms with Gasteiger partial charge in [0, 0.05) is 5.02 Å². The van der Waals surface area contributed by atoms with Gasteiger partial charge in [-0.2, -0.15) is 5.26 Å². The van der Waals surface area contributed by atoms with Gasteiger partial charge in [0.15, 0.2) is 9.84 Å². The van der Waals surface area contributed by atoms with Gasteiger partial charge in [0.25, 0.3) is 0 Å². The van der Waals surface area contributed by atoms with E-state index in [9.17, 15) is 13.5 Å². The van der Waals surface area contributed by atoms with E-state index in [1.807, 2.05) is 6.07 Å². The van der Waals surface area contributed by atoms with Crippen molar-refractivity contribution < 1.29 is 18.3 Å². The van der Waals surface area contributed by atoms with Gasteiger partial charge < -0.3 is 9.84 Å². The molecule has 23 heavy (non-hydrogen) atoms. The van der Waals surface area contributed by atoms with Crippen molar-refractivity contribution in [2.75, 3.05) is 12.4 Å². The van der Waals surface area contributed by atoms with Crippen molar-refractivity contribution >= 4 is 21.4 Å². The molecule has 0 amide bonds. The zero-order valence-corrected chi connectivity index (χ0v) is 13.6. The minimum Gasteiger partial charge on any atom is -0.489 e. The van der Waals surface area contributed by atoms with E-state index in [1.54, 1.807) is 24.3 Å². The number of para-hydroxylation sites is 1. The van der Waals surface area contributed by atoms with E-state index >= 15 is 0 Å². The molecule has 2 aromatic carbocycles. The van der Waals surface area contributed by atoms with Gasteiger partial charge in [0.2, 0.25) is 0 Å². The molecule has 0 fully saturated rings. The maximum atomic E-state index is 12.2. The van der Waals surface area contributed by atoms with Gasteiger partial charge in [-0.15, -0.1) is 0 Å². The number of halogens is 1. The molecular weight excluding hydrogens is 338 g/mol. The molecule has 2 rings (SSSR count). The predicted molar refractivity (Wildman–Crippen MR) is 86.2 cm³/mol. The second-order valence-corrected chi connectivity index (χ2v) is 7.28. The minimum atomic E-state index is -3.65. The Bertz CT molecular complexity index is 813. The first-order valence-corrected chi connectivity index (χ1v) is 8.74. The Morgan fingerprint density at radius 2 is 1.83 bits per heavy atom. The number of sulfone groups is 1. The summed E-state index contributed by atoms with van der Waals surface area (Å²) in [5, 5.41) is 19.3. The SMILES string of the molecule is N#Cc1ccccc1OC[C@H](O)CS(=O)(=O)c1ccc(Cl)cc1. The Balaban J connectivity index is 2.00. The summed E-state index contributed by atoms with van der Waals surface area (Å²) in [6.45, 7) is -0.231. The maximum Gasteiger partial charge on any atom is 0.181 e. The fourth-order valence-electron chi connectivity index (χ4n) is 1.91. The average molecular weight is 352 g/mol. The minimum absolute atomic E-state index is 0.0818. The van der Waals surface area contributed by atoms with Crippen LogP contribution in [0.2, 0.25) is 5.02 Å². The van der Waals surface area contributed by atoms with Gasteiger partial charge >= 0.3 is 0 Å². The van der Waals surface area contributed by atoms with Crippen molar-refractivity contribution in [1.82, 2.24) is 0 Å². The Kier molecular flexibility index (Phi) is 5.61. The standard InChI is InChI=1S/C16H14ClNO4S/c17-13-5-7-15(8-6-13)23(20,21)11-14(19)10-22-16-4-2-1-3-12(16)9-18/h1-8,14,19H,10-11H2/t14-/m0/s1. The topological polar surface area (TPSA) is 87.4 Å². The van der Waals surface area contributed by atoms with Crippen LogP contribution in [-0.2, 0) is 9.84 Å². The van der Waals surface area contributed by atoms with Crippen LogP contribution in [0.5, 0.6) is 5.75 Å². The highest BCUT2D eigenvalue weighted by atomic mass is 35.5. The summed E-state index contributed by atoms with van der Waals surface area (Å²) >= 11 is 5.72. The van der Waals surface area contributed by atoms with Gasteiger partial charge in [-0.1, -0.05) is 23.7 Å². The maximum absolute atomic E-state index is 12.2. The molecule has 2 aromatic rings. The van der Waals surface area contributed by atoms with E-state index in [2.05, 4.69) is 0 Å². The van der Waals surface area contributed by atoms with Crippen molar-refractivity contribution in [2.24, 2.45) is 0 Å². The zero-order chi connectivity index (χ0) is 16.9. The van der Waals surface area contributed by atoms with Gasteiger partial charge in [-0.3, -0.25) is 0 Å². The lowest BCUT2D eigenvalue weighted by atomic mass is 10.2. The number of benzene rings is 2. The van der Waals surface area contributed by atoms with E-state index in [0.29, 0.717) is 16.3 Å². The molecule has 0 aliphatic rings. The van der Waals surface area contributed by atoms with Gasteiger partial charge in [0.1, 0.15) is 24.5 Å². The van der Waals surface area contributed by atoms with Crippen LogP contribution in [0.25, 0.3) is 0 Å². The number of hydrogen-bond acceptors (Lipinski definition) is 5. The summed E-state index contributed by atoms with van der Waals surface area (Å²) in [5.74, 6) is -0.179. The normalized spacial score (nSPS) is 12.4. The highest BCUT2D eigenvalue weighted by Crippen LogP contribution is 2.18. The molecular formula is C16H14ClNO4S. The van der Waals surface area contributed by atoms with Crippen LogP contribution in [0, 0.1) is 11.3 Å². The van der Waals surface area contributed by atoms with Gasteiger partial charge in [-0.25, -0.2) is 8.42 Å². The van der Waals surface area contributed by atoms with Crippen molar-refractivity contribution in [1.29, 1.82) is 5.26 Å². The number of nitrogens with zero attached hydrogens (tertiary/aromatic N) is 1. The lowest BCUT2D eigenvalue weighted by Crippen LogP contribution is -2.27. The first kappa shape index (κ1) is 17.3. The molecule has 120 valence electrons. The van der Waals surface area contributed by atoms with Crippen LogP contribution in [-0.4, -0.2) is 32.0 Å². The van der Waals surface area contributed by atoms with Crippen molar-refractivity contribution in [3.63, 3.8) is 0 Å². The number of aliphatic hydroxyl groups excluding tert-OH is 1. The second kappa shape index (κ2) is 7.47. The molecule has 0 saturated heterocycles. The molecule has 0 saturated carbocycles. The van der Waals surface area contributed by atoms with Crippen LogP contribution >= 0.6 is 11.6 Å². The number of rotatable bonds is 6. The van der Waals surface area contributed by atoms with Crippen molar-refractivity contribution in [3.8, 4) is 11.8 Å². The third kappa shape index (κ3) is 4.70. The van der Waals surface area contributed by atoms with Gasteiger partial charge in [-0.05, 0) is 36.4 Å². The summed E-state index contributed by atoms with van der Waals surface area (Å²) in [7, 11) is -3.65. The van der Waals surface area contributed by atoms with E-state index in [0.717, 1.165) is 0 Å². The quantitative estimate of drug-likeness (QED) is 0.863. The molecule has 1 atom stereocenters. The molecule has 5 nitrogen and oxygen atoms in total. The smallest absolute Gasteiger partial charge is 0.181 e. The third-order valence-electron chi connectivity index (χ3n) is 3.02. The van der Waals surface area contributed by atoms with Crippen LogP contribution in [0.3, 0.4) is 0 Å². The molecule has 0 radical (unpaired) electrons. The van der Waals surface area contributed by atoms with Crippen LogP contribution in [0.1, 0.15) is 5.56 Å². The highest BCUT2D eigenvalue weighted by molar-refractivity contribution is 7.91. The Hall–Kier alpha value is -2.07. The van der Waals surface area contributed by atoms with Crippen LogP contribution in [0.15, 0.2) is 53.4 Å². The van der Waals surface area contributed by atoms with E-state index in [4.69, 9.17) is 21.6 Å². The number of aliphatic hydroxyl groups is 1. The number of nitriles is 1. The Morgan fingerprint density at radius 1 is 1.17 bits per heavy atom. The Morgan fingerprint density at radius 3 is 2.48 bits per heavy atom. The molecule has 0 aliphatic heterocycles. The average Bonchev–Trinajstić information content (AvgIpc) is 2.53. The summed E-state index contributed by atoms with van der Waals surface area (Å²) < 4.78 is 29.7. The van der Waals surface area contributed by atoms with E-state index in [1.165, 1.54) is 24.3 Å². The largest absolute Gasteiger partial charge is 0.489 e. The fraction of sp³-hybridized carbons (Fsp3) is 0.188. The molecule has 0 spiro atoms. The first-order chi connectivity index (χ1) is 10.9. The predicted octanol–water partition coefficient (Wildman–Crippen LogP) is 2.43. The zero-order valence-electron chi connectivity index (χ0n) is 12.0. The van der Waals surface area contributed by atoms with Crippen LogP contribution in [0.4, 0.5) is 0 Å². The first-order valence-electron chi connectivity index (χ1n) is 6.70. The molecule has 0 heterocycles. The molecule has 1 N–H and O–H groups in total. The Labute approximate surface area is 139 Å².